The van der Waals surface area contributed by atoms with Crippen molar-refractivity contribution in [2.24, 2.45) is 5.92 Å². The maximum absolute atomic E-state index is 12.3. The molecule has 2 aromatic rings. The Labute approximate surface area is 144 Å². The SMILES string of the molecule is CC(C)C(NC(=O)Cc1n[nH]c(=O)c2ccccc12)C(=O)NCC#N. The Kier molecular flexibility index (Phi) is 5.84. The third-order valence-electron chi connectivity index (χ3n) is 3.71. The first-order valence-electron chi connectivity index (χ1n) is 7.84. The average Bonchev–Trinajstić information content (AvgIpc) is 2.60. The van der Waals surface area contributed by atoms with Crippen molar-refractivity contribution in [1.29, 1.82) is 5.26 Å². The van der Waals surface area contributed by atoms with Crippen molar-refractivity contribution in [2.75, 3.05) is 6.54 Å². The third kappa shape index (κ3) is 4.41. The molecule has 1 unspecified atom stereocenters. The van der Waals surface area contributed by atoms with E-state index in [9.17, 15) is 14.4 Å². The van der Waals surface area contributed by atoms with E-state index in [2.05, 4.69) is 20.8 Å². The lowest BCUT2D eigenvalue weighted by Crippen LogP contribution is -2.50. The molecule has 0 bridgehead atoms. The highest BCUT2D eigenvalue weighted by Gasteiger charge is 2.24. The topological polar surface area (TPSA) is 128 Å². The molecule has 1 atom stereocenters. The van der Waals surface area contributed by atoms with Crippen LogP contribution in [-0.4, -0.2) is 34.6 Å². The molecule has 130 valence electrons. The van der Waals surface area contributed by atoms with Crippen LogP contribution in [0, 0.1) is 17.2 Å². The quantitative estimate of drug-likeness (QED) is 0.649. The molecule has 1 aromatic carbocycles. The smallest absolute Gasteiger partial charge is 0.272 e. The molecular weight excluding hydrogens is 322 g/mol. The van der Waals surface area contributed by atoms with Gasteiger partial charge in [-0.15, -0.1) is 0 Å². The van der Waals surface area contributed by atoms with Crippen molar-refractivity contribution in [3.8, 4) is 6.07 Å². The Hall–Kier alpha value is -3.21. The first-order valence-corrected chi connectivity index (χ1v) is 7.84. The van der Waals surface area contributed by atoms with Gasteiger partial charge in [-0.25, -0.2) is 5.10 Å². The van der Waals surface area contributed by atoms with Crippen LogP contribution in [0.2, 0.25) is 0 Å². The van der Waals surface area contributed by atoms with Gasteiger partial charge in [0.2, 0.25) is 11.8 Å². The molecule has 1 heterocycles. The number of carbonyl (C=O) groups excluding carboxylic acids is 2. The highest BCUT2D eigenvalue weighted by Crippen LogP contribution is 2.13. The Morgan fingerprint density at radius 2 is 1.96 bits per heavy atom. The van der Waals surface area contributed by atoms with Crippen LogP contribution in [0.1, 0.15) is 19.5 Å². The summed E-state index contributed by atoms with van der Waals surface area (Å²) in [5, 5.41) is 21.0. The van der Waals surface area contributed by atoms with Crippen molar-refractivity contribution >= 4 is 22.6 Å². The van der Waals surface area contributed by atoms with Crippen LogP contribution >= 0.6 is 0 Å². The zero-order chi connectivity index (χ0) is 18.4. The molecule has 25 heavy (non-hydrogen) atoms. The number of fused-ring (bicyclic) bond motifs is 1. The number of rotatable bonds is 6. The first-order chi connectivity index (χ1) is 11.9. The molecule has 0 aliphatic carbocycles. The summed E-state index contributed by atoms with van der Waals surface area (Å²) in [6, 6.07) is 7.94. The Morgan fingerprint density at radius 1 is 1.28 bits per heavy atom. The lowest BCUT2D eigenvalue weighted by molar-refractivity contribution is -0.129. The predicted octanol–water partition coefficient (Wildman–Crippen LogP) is 0.246. The summed E-state index contributed by atoms with van der Waals surface area (Å²) in [6.07, 6.45) is -0.0773. The van der Waals surface area contributed by atoms with Gasteiger partial charge in [0.1, 0.15) is 12.6 Å². The van der Waals surface area contributed by atoms with Crippen LogP contribution in [0.25, 0.3) is 10.8 Å². The molecule has 0 saturated carbocycles. The van der Waals surface area contributed by atoms with Crippen LogP contribution in [0.3, 0.4) is 0 Å². The minimum Gasteiger partial charge on any atom is -0.344 e. The van der Waals surface area contributed by atoms with Gasteiger partial charge in [-0.3, -0.25) is 14.4 Å². The molecule has 1 aromatic heterocycles. The molecule has 2 amide bonds. The van der Waals surface area contributed by atoms with Gasteiger partial charge in [-0.05, 0) is 12.0 Å². The summed E-state index contributed by atoms with van der Waals surface area (Å²) in [4.78, 5) is 36.2. The highest BCUT2D eigenvalue weighted by atomic mass is 16.2. The molecule has 0 fully saturated rings. The largest absolute Gasteiger partial charge is 0.344 e. The molecule has 8 heteroatoms. The van der Waals surface area contributed by atoms with Crippen molar-refractivity contribution in [2.45, 2.75) is 26.3 Å². The molecule has 3 N–H and O–H groups in total. The minimum absolute atomic E-state index is 0.0773. The van der Waals surface area contributed by atoms with Gasteiger partial charge in [0.05, 0.1) is 23.6 Å². The summed E-state index contributed by atoms with van der Waals surface area (Å²) in [5.74, 6) is -0.956. The molecule has 0 saturated heterocycles. The maximum atomic E-state index is 12.3. The zero-order valence-electron chi connectivity index (χ0n) is 14.0. The highest BCUT2D eigenvalue weighted by molar-refractivity contribution is 5.91. The number of aromatic nitrogens is 2. The fourth-order valence-electron chi connectivity index (χ4n) is 2.45. The lowest BCUT2D eigenvalue weighted by atomic mass is 10.0. The normalized spacial score (nSPS) is 11.8. The van der Waals surface area contributed by atoms with E-state index in [1.54, 1.807) is 38.1 Å². The zero-order valence-corrected chi connectivity index (χ0v) is 14.0. The summed E-state index contributed by atoms with van der Waals surface area (Å²) in [5.41, 5.74) is 0.100. The van der Waals surface area contributed by atoms with E-state index in [0.29, 0.717) is 16.5 Å². The van der Waals surface area contributed by atoms with E-state index in [-0.39, 0.29) is 24.4 Å². The van der Waals surface area contributed by atoms with E-state index < -0.39 is 17.9 Å². The maximum Gasteiger partial charge on any atom is 0.272 e. The average molecular weight is 341 g/mol. The van der Waals surface area contributed by atoms with Gasteiger partial charge in [-0.1, -0.05) is 32.0 Å². The number of H-pyrrole nitrogens is 1. The van der Waals surface area contributed by atoms with Crippen LogP contribution in [0.15, 0.2) is 29.1 Å². The second kappa shape index (κ2) is 8.06. The Bertz CT molecular complexity index is 882. The van der Waals surface area contributed by atoms with Crippen LogP contribution in [0.4, 0.5) is 0 Å². The van der Waals surface area contributed by atoms with Crippen molar-refractivity contribution in [1.82, 2.24) is 20.8 Å². The predicted molar refractivity (Wildman–Crippen MR) is 91.5 cm³/mol. The fraction of sp³-hybridized carbons (Fsp3) is 0.353. The lowest BCUT2D eigenvalue weighted by Gasteiger charge is -2.21. The molecule has 8 nitrogen and oxygen atoms in total. The Balaban J connectivity index is 2.16. The molecule has 0 aliphatic rings. The molecule has 0 spiro atoms. The van der Waals surface area contributed by atoms with Crippen LogP contribution in [0.5, 0.6) is 0 Å². The van der Waals surface area contributed by atoms with Crippen LogP contribution < -0.4 is 16.2 Å². The van der Waals surface area contributed by atoms with E-state index in [1.807, 2.05) is 6.07 Å². The number of nitrogens with one attached hydrogen (secondary N) is 3. The van der Waals surface area contributed by atoms with E-state index in [4.69, 9.17) is 5.26 Å². The number of benzene rings is 1. The Morgan fingerprint density at radius 3 is 2.60 bits per heavy atom. The van der Waals surface area contributed by atoms with Gasteiger partial charge >= 0.3 is 0 Å². The number of carbonyl (C=O) groups is 2. The molecular formula is C17H19N5O3. The second-order valence-electron chi connectivity index (χ2n) is 5.89. The summed E-state index contributed by atoms with van der Waals surface area (Å²) in [7, 11) is 0. The molecule has 0 aliphatic heterocycles. The van der Waals surface area contributed by atoms with Gasteiger partial charge < -0.3 is 10.6 Å². The molecule has 0 radical (unpaired) electrons. The first kappa shape index (κ1) is 18.1. The van der Waals surface area contributed by atoms with Gasteiger partial charge in [-0.2, -0.15) is 10.4 Å². The standard InChI is InChI=1S/C17H19N5O3/c1-10(2)15(17(25)19-8-7-18)20-14(23)9-13-11-5-3-4-6-12(11)16(24)22-21-13/h3-6,10,15H,8-9H2,1-2H3,(H,19,25)(H,20,23)(H,22,24). The third-order valence-corrected chi connectivity index (χ3v) is 3.71. The number of hydrogen-bond acceptors (Lipinski definition) is 5. The van der Waals surface area contributed by atoms with E-state index in [0.717, 1.165) is 0 Å². The van der Waals surface area contributed by atoms with E-state index in [1.165, 1.54) is 0 Å². The second-order valence-corrected chi connectivity index (χ2v) is 5.89. The minimum atomic E-state index is -0.755. The summed E-state index contributed by atoms with van der Waals surface area (Å²) >= 11 is 0. The number of amides is 2. The summed E-state index contributed by atoms with van der Waals surface area (Å²) < 4.78 is 0. The van der Waals surface area contributed by atoms with Crippen molar-refractivity contribution in [3.05, 3.63) is 40.3 Å². The number of aromatic amines is 1. The number of nitriles is 1. The summed E-state index contributed by atoms with van der Waals surface area (Å²) in [6.45, 7) is 3.47. The van der Waals surface area contributed by atoms with Gasteiger partial charge in [0.25, 0.3) is 5.56 Å². The monoisotopic (exact) mass is 341 g/mol. The van der Waals surface area contributed by atoms with E-state index >= 15 is 0 Å². The van der Waals surface area contributed by atoms with Crippen molar-refractivity contribution in [3.63, 3.8) is 0 Å². The molecule has 2 rings (SSSR count). The van der Waals surface area contributed by atoms with Crippen LogP contribution in [-0.2, 0) is 16.0 Å². The van der Waals surface area contributed by atoms with Gasteiger partial charge in [0, 0.05) is 5.39 Å². The number of nitrogens with zero attached hydrogens (tertiary/aromatic N) is 2. The fourth-order valence-corrected chi connectivity index (χ4v) is 2.45. The number of hydrogen-bond donors (Lipinski definition) is 3. The van der Waals surface area contributed by atoms with Gasteiger partial charge in [0.15, 0.2) is 0 Å². The van der Waals surface area contributed by atoms with Crippen molar-refractivity contribution < 1.29 is 9.59 Å².